The number of carboxylic acids is 1. The molecule has 0 aliphatic heterocycles. The van der Waals surface area contributed by atoms with Crippen molar-refractivity contribution >= 4 is 5.97 Å². The van der Waals surface area contributed by atoms with Crippen molar-refractivity contribution in [1.29, 1.82) is 0 Å². The highest BCUT2D eigenvalue weighted by Crippen LogP contribution is 2.18. The molecule has 0 aliphatic rings. The van der Waals surface area contributed by atoms with Gasteiger partial charge < -0.3 is 10.2 Å². The van der Waals surface area contributed by atoms with E-state index in [-0.39, 0.29) is 12.2 Å². The Bertz CT molecular complexity index is 383. The number of rotatable bonds is 5. The topological polar surface area (TPSA) is 88.2 Å². The predicted octanol–water partition coefficient (Wildman–Crippen LogP) is 0.836. The lowest BCUT2D eigenvalue weighted by atomic mass is 9.97. The van der Waals surface area contributed by atoms with Crippen LogP contribution in [-0.4, -0.2) is 36.8 Å². The smallest absolute Gasteiger partial charge is 0.358 e. The average molecular weight is 227 g/mol. The zero-order chi connectivity index (χ0) is 12.3. The molecule has 1 aromatic heterocycles. The van der Waals surface area contributed by atoms with Crippen LogP contribution < -0.4 is 0 Å². The highest BCUT2D eigenvalue weighted by Gasteiger charge is 2.25. The van der Waals surface area contributed by atoms with Gasteiger partial charge in [0, 0.05) is 0 Å². The van der Waals surface area contributed by atoms with Crippen molar-refractivity contribution < 1.29 is 15.0 Å². The molecule has 0 fully saturated rings. The molecule has 1 rings (SSSR count). The summed E-state index contributed by atoms with van der Waals surface area (Å²) in [6.45, 7) is 5.67. The Balaban J connectivity index is 2.94. The summed E-state index contributed by atoms with van der Waals surface area (Å²) in [6, 6.07) is 0. The van der Waals surface area contributed by atoms with Crippen LogP contribution in [0.1, 0.15) is 42.9 Å². The van der Waals surface area contributed by atoms with Crippen molar-refractivity contribution in [3.63, 3.8) is 0 Å². The number of hydrogen-bond acceptors (Lipinski definition) is 4. The monoisotopic (exact) mass is 227 g/mol. The third-order valence-corrected chi connectivity index (χ3v) is 2.95. The van der Waals surface area contributed by atoms with E-state index in [1.807, 2.05) is 13.8 Å². The maximum absolute atomic E-state index is 10.8. The van der Waals surface area contributed by atoms with Gasteiger partial charge in [-0.25, -0.2) is 9.48 Å². The number of aromatic carboxylic acids is 1. The quantitative estimate of drug-likeness (QED) is 0.778. The van der Waals surface area contributed by atoms with Crippen molar-refractivity contribution in [2.75, 3.05) is 0 Å². The molecule has 0 radical (unpaired) electrons. The van der Waals surface area contributed by atoms with Crippen LogP contribution in [0.3, 0.4) is 0 Å². The molecule has 6 heteroatoms. The summed E-state index contributed by atoms with van der Waals surface area (Å²) in [7, 11) is 0. The predicted molar refractivity (Wildman–Crippen MR) is 57.3 cm³/mol. The van der Waals surface area contributed by atoms with E-state index in [9.17, 15) is 9.90 Å². The Labute approximate surface area is 93.9 Å². The highest BCUT2D eigenvalue weighted by atomic mass is 16.4. The van der Waals surface area contributed by atoms with Crippen molar-refractivity contribution in [3.05, 3.63) is 11.4 Å². The van der Waals surface area contributed by atoms with E-state index in [1.54, 1.807) is 6.92 Å². The minimum atomic E-state index is -1.10. The molecule has 0 saturated carbocycles. The number of carbonyl (C=O) groups is 1. The first kappa shape index (κ1) is 12.6. The van der Waals surface area contributed by atoms with E-state index in [2.05, 4.69) is 10.3 Å². The summed E-state index contributed by atoms with van der Waals surface area (Å²) < 4.78 is 1.44. The van der Waals surface area contributed by atoms with Crippen molar-refractivity contribution in [2.45, 2.75) is 45.8 Å². The molecule has 90 valence electrons. The molecule has 0 unspecified atom stereocenters. The van der Waals surface area contributed by atoms with Gasteiger partial charge in [-0.3, -0.25) is 0 Å². The SMILES string of the molecule is CCC(O)(CC)Cn1nnc(C(=O)O)c1C. The van der Waals surface area contributed by atoms with Crippen LogP contribution in [0.25, 0.3) is 0 Å². The van der Waals surface area contributed by atoms with Gasteiger partial charge in [-0.15, -0.1) is 5.10 Å². The number of aliphatic hydroxyl groups is 1. The molecule has 6 nitrogen and oxygen atoms in total. The normalized spacial score (nSPS) is 11.8. The third-order valence-electron chi connectivity index (χ3n) is 2.95. The number of hydrogen-bond donors (Lipinski definition) is 2. The van der Waals surface area contributed by atoms with Gasteiger partial charge in [-0.1, -0.05) is 19.1 Å². The molecular formula is C10H17N3O3. The Hall–Kier alpha value is -1.43. The lowest BCUT2D eigenvalue weighted by molar-refractivity contribution is 0.0108. The van der Waals surface area contributed by atoms with Crippen molar-refractivity contribution in [2.24, 2.45) is 0 Å². The van der Waals surface area contributed by atoms with Crippen molar-refractivity contribution in [3.8, 4) is 0 Å². The Morgan fingerprint density at radius 1 is 1.44 bits per heavy atom. The minimum Gasteiger partial charge on any atom is -0.476 e. The lowest BCUT2D eigenvalue weighted by Crippen LogP contribution is -2.33. The molecule has 0 aliphatic carbocycles. The first-order valence-corrected chi connectivity index (χ1v) is 5.29. The van der Waals surface area contributed by atoms with Gasteiger partial charge in [-0.2, -0.15) is 0 Å². The van der Waals surface area contributed by atoms with E-state index in [0.29, 0.717) is 18.5 Å². The molecule has 0 atom stereocenters. The Morgan fingerprint density at radius 2 is 2.00 bits per heavy atom. The maximum atomic E-state index is 10.8. The number of aromatic nitrogens is 3. The fraction of sp³-hybridized carbons (Fsp3) is 0.700. The summed E-state index contributed by atoms with van der Waals surface area (Å²) in [4.78, 5) is 10.8. The van der Waals surface area contributed by atoms with E-state index in [1.165, 1.54) is 4.68 Å². The van der Waals surface area contributed by atoms with Crippen LogP contribution in [-0.2, 0) is 6.54 Å². The second-order valence-electron chi connectivity index (χ2n) is 3.92. The zero-order valence-electron chi connectivity index (χ0n) is 9.77. The Morgan fingerprint density at radius 3 is 2.38 bits per heavy atom. The molecule has 2 N–H and O–H groups in total. The lowest BCUT2D eigenvalue weighted by Gasteiger charge is -2.25. The molecule has 0 saturated heterocycles. The molecule has 0 amide bonds. The molecular weight excluding hydrogens is 210 g/mol. The first-order valence-electron chi connectivity index (χ1n) is 5.29. The fourth-order valence-electron chi connectivity index (χ4n) is 1.46. The van der Waals surface area contributed by atoms with Crippen molar-refractivity contribution in [1.82, 2.24) is 15.0 Å². The van der Waals surface area contributed by atoms with E-state index >= 15 is 0 Å². The summed E-state index contributed by atoms with van der Waals surface area (Å²) in [5.41, 5.74) is -0.448. The molecule has 0 bridgehead atoms. The van der Waals surface area contributed by atoms with Gasteiger partial charge in [0.05, 0.1) is 17.8 Å². The number of carboxylic acid groups (broad SMARTS) is 1. The van der Waals surface area contributed by atoms with E-state index in [4.69, 9.17) is 5.11 Å². The van der Waals surface area contributed by atoms with E-state index in [0.717, 1.165) is 0 Å². The second-order valence-corrected chi connectivity index (χ2v) is 3.92. The number of nitrogens with zero attached hydrogens (tertiary/aromatic N) is 3. The summed E-state index contributed by atoms with van der Waals surface area (Å²) in [5, 5.41) is 26.2. The molecule has 16 heavy (non-hydrogen) atoms. The fourth-order valence-corrected chi connectivity index (χ4v) is 1.46. The van der Waals surface area contributed by atoms with Crippen LogP contribution >= 0.6 is 0 Å². The van der Waals surface area contributed by atoms with Gasteiger partial charge >= 0.3 is 5.97 Å². The zero-order valence-corrected chi connectivity index (χ0v) is 9.77. The van der Waals surface area contributed by atoms with Gasteiger partial charge in [-0.05, 0) is 19.8 Å². The third kappa shape index (κ3) is 2.38. The summed E-state index contributed by atoms with van der Waals surface area (Å²) in [5.74, 6) is -1.10. The average Bonchev–Trinajstić information content (AvgIpc) is 2.60. The van der Waals surface area contributed by atoms with E-state index < -0.39 is 11.6 Å². The molecule has 1 aromatic rings. The molecule has 0 aromatic carbocycles. The van der Waals surface area contributed by atoms with Crippen LogP contribution in [0, 0.1) is 6.92 Å². The standard InChI is InChI=1S/C10H17N3O3/c1-4-10(16,5-2)6-13-7(3)8(9(14)15)11-12-13/h16H,4-6H2,1-3H3,(H,14,15). The second kappa shape index (κ2) is 4.61. The van der Waals surface area contributed by atoms with Gasteiger partial charge in [0.1, 0.15) is 0 Å². The van der Waals surface area contributed by atoms with Crippen LogP contribution in [0.5, 0.6) is 0 Å². The Kier molecular flexibility index (Phi) is 3.64. The maximum Gasteiger partial charge on any atom is 0.358 e. The van der Waals surface area contributed by atoms with Crippen LogP contribution in [0.4, 0.5) is 0 Å². The van der Waals surface area contributed by atoms with Gasteiger partial charge in [0.25, 0.3) is 0 Å². The highest BCUT2D eigenvalue weighted by molar-refractivity contribution is 5.86. The largest absolute Gasteiger partial charge is 0.476 e. The first-order chi connectivity index (χ1) is 7.43. The van der Waals surface area contributed by atoms with Gasteiger partial charge in [0.2, 0.25) is 0 Å². The summed E-state index contributed by atoms with van der Waals surface area (Å²) >= 11 is 0. The van der Waals surface area contributed by atoms with Crippen LogP contribution in [0.2, 0.25) is 0 Å². The minimum absolute atomic E-state index is 0.0606. The summed E-state index contributed by atoms with van der Waals surface area (Å²) in [6.07, 6.45) is 1.18. The van der Waals surface area contributed by atoms with Crippen LogP contribution in [0.15, 0.2) is 0 Å². The molecule has 0 spiro atoms. The van der Waals surface area contributed by atoms with Gasteiger partial charge in [0.15, 0.2) is 5.69 Å². The molecule has 1 heterocycles.